The molecule has 88 valence electrons. The van der Waals surface area contributed by atoms with Crippen molar-refractivity contribution < 1.29 is 4.39 Å². The van der Waals surface area contributed by atoms with Gasteiger partial charge in [0.2, 0.25) is 0 Å². The van der Waals surface area contributed by atoms with Gasteiger partial charge < -0.3 is 5.73 Å². The molecule has 0 bridgehead atoms. The van der Waals surface area contributed by atoms with Crippen LogP contribution in [0.2, 0.25) is 0 Å². The Morgan fingerprint density at radius 2 is 1.94 bits per heavy atom. The summed E-state index contributed by atoms with van der Waals surface area (Å²) >= 11 is 3.31. The summed E-state index contributed by atoms with van der Waals surface area (Å²) in [5.74, 6) is 0.630. The summed E-state index contributed by atoms with van der Waals surface area (Å²) in [5, 5.41) is 0. The molecule has 0 radical (unpaired) electrons. The van der Waals surface area contributed by atoms with Gasteiger partial charge in [-0.1, -0.05) is 0 Å². The van der Waals surface area contributed by atoms with Gasteiger partial charge in [-0.25, -0.2) is 14.4 Å². The van der Waals surface area contributed by atoms with E-state index in [1.165, 1.54) is 12.1 Å². The smallest absolute Gasteiger partial charge is 0.162 e. The second kappa shape index (κ2) is 4.41. The summed E-state index contributed by atoms with van der Waals surface area (Å²) in [4.78, 5) is 8.53. The lowest BCUT2D eigenvalue weighted by Crippen LogP contribution is -2.01. The van der Waals surface area contributed by atoms with E-state index in [-0.39, 0.29) is 5.82 Å². The van der Waals surface area contributed by atoms with Crippen molar-refractivity contribution in [2.75, 3.05) is 5.73 Å². The fraction of sp³-hybridized carbons (Fsp3) is 0.167. The normalized spacial score (nSPS) is 10.6. The maximum atomic E-state index is 13.0. The highest BCUT2D eigenvalue weighted by molar-refractivity contribution is 9.10. The van der Waals surface area contributed by atoms with Crippen LogP contribution in [0.5, 0.6) is 0 Å². The SMILES string of the molecule is Cc1cc(F)ccc1-c1nc(C)c(Br)c(N)n1. The molecule has 1 heterocycles. The number of halogens is 2. The van der Waals surface area contributed by atoms with Crippen LogP contribution in [0, 0.1) is 19.7 Å². The molecule has 5 heteroatoms. The maximum absolute atomic E-state index is 13.0. The summed E-state index contributed by atoms with van der Waals surface area (Å²) in [6, 6.07) is 4.50. The Labute approximate surface area is 107 Å². The average Bonchev–Trinajstić information content (AvgIpc) is 2.25. The molecule has 0 atom stereocenters. The Balaban J connectivity index is 2.61. The lowest BCUT2D eigenvalue weighted by atomic mass is 10.1. The zero-order valence-corrected chi connectivity index (χ0v) is 11.0. The van der Waals surface area contributed by atoms with Gasteiger partial charge in [0.05, 0.1) is 10.2 Å². The molecule has 0 aliphatic carbocycles. The maximum Gasteiger partial charge on any atom is 0.162 e. The average molecular weight is 296 g/mol. The molecule has 0 aliphatic heterocycles. The van der Waals surface area contributed by atoms with Crippen molar-refractivity contribution in [2.45, 2.75) is 13.8 Å². The number of hydrogen-bond acceptors (Lipinski definition) is 3. The molecule has 0 amide bonds. The Hall–Kier alpha value is -1.49. The third kappa shape index (κ3) is 2.29. The molecule has 1 aromatic carbocycles. The van der Waals surface area contributed by atoms with Gasteiger partial charge in [-0.05, 0) is 53.5 Å². The monoisotopic (exact) mass is 295 g/mol. The van der Waals surface area contributed by atoms with E-state index in [2.05, 4.69) is 25.9 Å². The lowest BCUT2D eigenvalue weighted by molar-refractivity contribution is 0.627. The quantitative estimate of drug-likeness (QED) is 0.879. The first-order valence-electron chi connectivity index (χ1n) is 5.05. The van der Waals surface area contributed by atoms with Crippen molar-refractivity contribution >= 4 is 21.7 Å². The minimum Gasteiger partial charge on any atom is -0.383 e. The van der Waals surface area contributed by atoms with Gasteiger partial charge >= 0.3 is 0 Å². The van der Waals surface area contributed by atoms with Crippen molar-refractivity contribution in [2.24, 2.45) is 0 Å². The fourth-order valence-corrected chi connectivity index (χ4v) is 1.76. The summed E-state index contributed by atoms with van der Waals surface area (Å²) in [6.07, 6.45) is 0. The number of aromatic nitrogens is 2. The first-order chi connectivity index (χ1) is 7.99. The number of aryl methyl sites for hydroxylation is 2. The third-order valence-corrected chi connectivity index (χ3v) is 3.45. The standard InChI is InChI=1S/C12H11BrFN3/c1-6-5-8(14)3-4-9(6)12-16-7(2)10(13)11(15)17-12/h3-5H,1-2H3,(H2,15,16,17). The second-order valence-electron chi connectivity index (χ2n) is 3.79. The number of hydrogen-bond donors (Lipinski definition) is 1. The third-order valence-electron chi connectivity index (χ3n) is 2.47. The minimum atomic E-state index is -0.270. The van der Waals surface area contributed by atoms with Crippen LogP contribution in [0.1, 0.15) is 11.3 Å². The lowest BCUT2D eigenvalue weighted by Gasteiger charge is -2.08. The van der Waals surface area contributed by atoms with Crippen LogP contribution >= 0.6 is 15.9 Å². The number of nitrogens with two attached hydrogens (primary N) is 1. The summed E-state index contributed by atoms with van der Waals surface area (Å²) in [6.45, 7) is 3.65. The summed E-state index contributed by atoms with van der Waals surface area (Å²) in [7, 11) is 0. The van der Waals surface area contributed by atoms with Gasteiger partial charge in [-0.2, -0.15) is 0 Å². The van der Waals surface area contributed by atoms with E-state index in [0.29, 0.717) is 16.1 Å². The Bertz CT molecular complexity index is 561. The fourth-order valence-electron chi connectivity index (χ4n) is 1.58. The number of anilines is 1. The molecule has 0 spiro atoms. The Morgan fingerprint density at radius 1 is 1.24 bits per heavy atom. The number of nitrogens with zero attached hydrogens (tertiary/aromatic N) is 2. The molecule has 2 rings (SSSR count). The molecule has 0 saturated carbocycles. The molecular weight excluding hydrogens is 285 g/mol. The van der Waals surface area contributed by atoms with Crippen LogP contribution in [0.25, 0.3) is 11.4 Å². The van der Waals surface area contributed by atoms with E-state index in [1.807, 2.05) is 13.8 Å². The summed E-state index contributed by atoms with van der Waals surface area (Å²) < 4.78 is 13.7. The molecule has 0 fully saturated rings. The second-order valence-corrected chi connectivity index (χ2v) is 4.58. The molecule has 0 aliphatic rings. The highest BCUT2D eigenvalue weighted by atomic mass is 79.9. The van der Waals surface area contributed by atoms with E-state index in [9.17, 15) is 4.39 Å². The first kappa shape index (κ1) is 12.0. The zero-order valence-electron chi connectivity index (χ0n) is 9.46. The summed E-state index contributed by atoms with van der Waals surface area (Å²) in [5.41, 5.74) is 8.10. The van der Waals surface area contributed by atoms with Gasteiger partial charge in [0.1, 0.15) is 11.6 Å². The largest absolute Gasteiger partial charge is 0.383 e. The van der Waals surface area contributed by atoms with Gasteiger partial charge in [-0.15, -0.1) is 0 Å². The topological polar surface area (TPSA) is 51.8 Å². The molecule has 3 nitrogen and oxygen atoms in total. The van der Waals surface area contributed by atoms with Crippen molar-refractivity contribution in [3.8, 4) is 11.4 Å². The molecular formula is C12H11BrFN3. The van der Waals surface area contributed by atoms with Crippen molar-refractivity contribution in [3.05, 3.63) is 39.7 Å². The van der Waals surface area contributed by atoms with Gasteiger partial charge in [0, 0.05) is 5.56 Å². The van der Waals surface area contributed by atoms with Gasteiger partial charge in [0.15, 0.2) is 5.82 Å². The number of benzene rings is 1. The molecule has 0 saturated heterocycles. The van der Waals surface area contributed by atoms with Crippen LogP contribution in [0.3, 0.4) is 0 Å². The van der Waals surface area contributed by atoms with Gasteiger partial charge in [-0.3, -0.25) is 0 Å². The first-order valence-corrected chi connectivity index (χ1v) is 5.84. The van der Waals surface area contributed by atoms with E-state index in [1.54, 1.807) is 6.07 Å². The van der Waals surface area contributed by atoms with Crippen LogP contribution in [-0.4, -0.2) is 9.97 Å². The van der Waals surface area contributed by atoms with Crippen molar-refractivity contribution in [3.63, 3.8) is 0 Å². The minimum absolute atomic E-state index is 0.270. The molecule has 2 aromatic rings. The van der Waals surface area contributed by atoms with E-state index >= 15 is 0 Å². The molecule has 17 heavy (non-hydrogen) atoms. The number of nitrogen functional groups attached to an aromatic ring is 1. The van der Waals surface area contributed by atoms with Crippen LogP contribution in [0.15, 0.2) is 22.7 Å². The zero-order chi connectivity index (χ0) is 12.6. The van der Waals surface area contributed by atoms with E-state index in [4.69, 9.17) is 5.73 Å². The van der Waals surface area contributed by atoms with Gasteiger partial charge in [0.25, 0.3) is 0 Å². The Morgan fingerprint density at radius 3 is 2.53 bits per heavy atom. The molecule has 2 N–H and O–H groups in total. The number of rotatable bonds is 1. The Kier molecular flexibility index (Phi) is 3.11. The highest BCUT2D eigenvalue weighted by Gasteiger charge is 2.10. The van der Waals surface area contributed by atoms with Crippen molar-refractivity contribution in [1.29, 1.82) is 0 Å². The van der Waals surface area contributed by atoms with Crippen LogP contribution in [-0.2, 0) is 0 Å². The molecule has 0 unspecified atom stereocenters. The van der Waals surface area contributed by atoms with Crippen LogP contribution in [0.4, 0.5) is 10.2 Å². The highest BCUT2D eigenvalue weighted by Crippen LogP contribution is 2.26. The predicted molar refractivity (Wildman–Crippen MR) is 69.0 cm³/mol. The van der Waals surface area contributed by atoms with Crippen LogP contribution < -0.4 is 5.73 Å². The predicted octanol–water partition coefficient (Wildman–Crippen LogP) is 3.24. The van der Waals surface area contributed by atoms with E-state index < -0.39 is 0 Å². The van der Waals surface area contributed by atoms with E-state index in [0.717, 1.165) is 16.8 Å². The molecule has 1 aromatic heterocycles. The van der Waals surface area contributed by atoms with Crippen molar-refractivity contribution in [1.82, 2.24) is 9.97 Å².